The molecule has 8 heteroatoms. The lowest BCUT2D eigenvalue weighted by Crippen LogP contribution is -2.48. The number of thiophene rings is 1. The topological polar surface area (TPSA) is 76.0 Å². The van der Waals surface area contributed by atoms with Crippen molar-refractivity contribution in [1.29, 1.82) is 0 Å². The highest BCUT2D eigenvalue weighted by molar-refractivity contribution is 7.98. The van der Waals surface area contributed by atoms with Crippen molar-refractivity contribution in [3.05, 3.63) is 83.2 Å². The van der Waals surface area contributed by atoms with E-state index in [1.54, 1.807) is 29.5 Å². The van der Waals surface area contributed by atoms with E-state index >= 15 is 0 Å². The molecule has 0 spiro atoms. The number of benzene rings is 3. The van der Waals surface area contributed by atoms with Crippen LogP contribution in [0.25, 0.3) is 21.2 Å². The predicted octanol–water partition coefficient (Wildman–Crippen LogP) is 5.26. The smallest absolute Gasteiger partial charge is 0.255 e. The fraction of sp³-hybridized carbons (Fsp3) is 0.300. The Kier molecular flexibility index (Phi) is 8.86. The molecule has 0 aliphatic carbocycles. The molecule has 4 aromatic rings. The van der Waals surface area contributed by atoms with E-state index in [9.17, 15) is 15.0 Å². The lowest BCUT2D eigenvalue weighted by atomic mass is 10.0. The van der Waals surface area contributed by atoms with Gasteiger partial charge in [-0.15, -0.1) is 11.3 Å². The molecule has 198 valence electrons. The molecule has 1 amide bonds. The number of phenols is 2. The molecule has 38 heavy (non-hydrogen) atoms. The quantitative estimate of drug-likeness (QED) is 0.235. The number of thioether (sulfide) groups is 1. The minimum absolute atomic E-state index is 0.0852. The van der Waals surface area contributed by atoms with Crippen molar-refractivity contribution in [1.82, 2.24) is 15.1 Å². The summed E-state index contributed by atoms with van der Waals surface area (Å²) < 4.78 is 0. The van der Waals surface area contributed by atoms with Crippen molar-refractivity contribution in [2.75, 3.05) is 51.6 Å². The number of amides is 1. The van der Waals surface area contributed by atoms with Crippen LogP contribution < -0.4 is 5.32 Å². The number of hydrogen-bond acceptors (Lipinski definition) is 7. The van der Waals surface area contributed by atoms with Gasteiger partial charge in [-0.3, -0.25) is 14.6 Å². The van der Waals surface area contributed by atoms with E-state index in [4.69, 9.17) is 0 Å². The summed E-state index contributed by atoms with van der Waals surface area (Å²) in [5.41, 5.74) is 2.98. The van der Waals surface area contributed by atoms with E-state index < -0.39 is 0 Å². The van der Waals surface area contributed by atoms with Crippen molar-refractivity contribution in [2.24, 2.45) is 0 Å². The Hall–Kier alpha value is -3.04. The Balaban J connectivity index is 1.01. The van der Waals surface area contributed by atoms with Gasteiger partial charge in [0.2, 0.25) is 0 Å². The second-order valence-electron chi connectivity index (χ2n) is 9.49. The summed E-state index contributed by atoms with van der Waals surface area (Å²) in [4.78, 5) is 18.9. The monoisotopic (exact) mass is 547 g/mol. The molecule has 3 aromatic carbocycles. The van der Waals surface area contributed by atoms with Gasteiger partial charge < -0.3 is 15.5 Å². The second-order valence-corrected chi connectivity index (χ2v) is 11.5. The Morgan fingerprint density at radius 3 is 2.47 bits per heavy atom. The van der Waals surface area contributed by atoms with Crippen LogP contribution in [0.4, 0.5) is 0 Å². The van der Waals surface area contributed by atoms with Gasteiger partial charge >= 0.3 is 0 Å². The first-order chi connectivity index (χ1) is 18.6. The van der Waals surface area contributed by atoms with Crippen molar-refractivity contribution in [3.63, 3.8) is 0 Å². The van der Waals surface area contributed by atoms with Crippen molar-refractivity contribution in [2.45, 2.75) is 5.75 Å². The lowest BCUT2D eigenvalue weighted by Gasteiger charge is -2.34. The summed E-state index contributed by atoms with van der Waals surface area (Å²) in [5.74, 6) is 1.80. The fourth-order valence-electron chi connectivity index (χ4n) is 4.83. The number of carbonyl (C=O) groups is 1. The average molecular weight is 548 g/mol. The molecule has 5 rings (SSSR count). The number of rotatable bonds is 10. The third-order valence-corrected chi connectivity index (χ3v) is 8.90. The molecule has 0 radical (unpaired) electrons. The van der Waals surface area contributed by atoms with E-state index in [2.05, 4.69) is 56.9 Å². The van der Waals surface area contributed by atoms with Crippen LogP contribution in [0.3, 0.4) is 0 Å². The fourth-order valence-corrected chi connectivity index (χ4v) is 6.62. The predicted molar refractivity (Wildman–Crippen MR) is 158 cm³/mol. The highest BCUT2D eigenvalue weighted by Gasteiger charge is 2.18. The lowest BCUT2D eigenvalue weighted by molar-refractivity contribution is 0.0935. The molecule has 0 unspecified atom stereocenters. The molecule has 1 aromatic heterocycles. The average Bonchev–Trinajstić information content (AvgIpc) is 3.47. The zero-order chi connectivity index (χ0) is 26.3. The number of nitrogens with one attached hydrogen (secondary N) is 1. The Labute approximate surface area is 231 Å². The van der Waals surface area contributed by atoms with Gasteiger partial charge in [0.1, 0.15) is 11.5 Å². The molecule has 0 atom stereocenters. The van der Waals surface area contributed by atoms with Crippen LogP contribution in [-0.2, 0) is 5.75 Å². The first kappa shape index (κ1) is 26.6. The van der Waals surface area contributed by atoms with Gasteiger partial charge in [-0.25, -0.2) is 0 Å². The summed E-state index contributed by atoms with van der Waals surface area (Å²) in [6.07, 6.45) is 0. The van der Waals surface area contributed by atoms with Gasteiger partial charge in [-0.05, 0) is 46.2 Å². The third kappa shape index (κ3) is 6.50. The third-order valence-electron chi connectivity index (χ3n) is 7.01. The maximum Gasteiger partial charge on any atom is 0.255 e. The highest BCUT2D eigenvalue weighted by atomic mass is 32.2. The van der Waals surface area contributed by atoms with Gasteiger partial charge in [0.05, 0.1) is 5.56 Å². The van der Waals surface area contributed by atoms with Crippen molar-refractivity contribution < 1.29 is 15.0 Å². The number of aromatic hydroxyl groups is 2. The zero-order valence-electron chi connectivity index (χ0n) is 21.3. The molecular formula is C30H33N3O3S2. The largest absolute Gasteiger partial charge is 0.507 e. The van der Waals surface area contributed by atoms with E-state index in [-0.39, 0.29) is 23.0 Å². The molecule has 0 bridgehead atoms. The molecule has 3 N–H and O–H groups in total. The van der Waals surface area contributed by atoms with Gasteiger partial charge in [-0.1, -0.05) is 42.5 Å². The zero-order valence-corrected chi connectivity index (χ0v) is 22.9. The van der Waals surface area contributed by atoms with Gasteiger partial charge in [-0.2, -0.15) is 11.8 Å². The molecule has 1 aliphatic rings. The number of hydrogen-bond donors (Lipinski definition) is 3. The van der Waals surface area contributed by atoms with Crippen LogP contribution >= 0.6 is 23.1 Å². The van der Waals surface area contributed by atoms with E-state index in [0.29, 0.717) is 17.3 Å². The van der Waals surface area contributed by atoms with E-state index in [1.807, 2.05) is 17.8 Å². The molecule has 2 heterocycles. The minimum atomic E-state index is -0.302. The van der Waals surface area contributed by atoms with Crippen molar-refractivity contribution >= 4 is 39.8 Å². The normalized spacial score (nSPS) is 14.6. The minimum Gasteiger partial charge on any atom is -0.507 e. The maximum absolute atomic E-state index is 12.7. The first-order valence-electron chi connectivity index (χ1n) is 13.0. The van der Waals surface area contributed by atoms with Crippen LogP contribution in [0, 0.1) is 0 Å². The number of fused-ring (bicyclic) bond motifs is 1. The van der Waals surface area contributed by atoms with E-state index in [1.165, 1.54) is 22.1 Å². The second kappa shape index (κ2) is 12.7. The highest BCUT2D eigenvalue weighted by Crippen LogP contribution is 2.31. The first-order valence-corrected chi connectivity index (χ1v) is 15.0. The van der Waals surface area contributed by atoms with Crippen molar-refractivity contribution in [3.8, 4) is 21.9 Å². The number of carbonyl (C=O) groups excluding carboxylic acids is 1. The standard InChI is InChI=1S/C30H33N3O3S2/c34-27-8-3-6-22-19-26(28(35)20-25(22)27)30(36)31-10-11-32-12-14-33(15-13-32)16-18-37-21-23-5-1-2-7-24(23)29-9-4-17-38-29/h1-9,17,19-20,34-35H,10-16,18,21H2,(H,31,36). The van der Waals surface area contributed by atoms with Crippen LogP contribution in [-0.4, -0.2) is 77.5 Å². The molecule has 1 saturated heterocycles. The molecule has 0 saturated carbocycles. The summed E-state index contributed by atoms with van der Waals surface area (Å²) in [6, 6.07) is 21.2. The summed E-state index contributed by atoms with van der Waals surface area (Å²) in [5, 5.41) is 26.6. The van der Waals surface area contributed by atoms with Crippen LogP contribution in [0.15, 0.2) is 72.1 Å². The molecule has 6 nitrogen and oxygen atoms in total. The maximum atomic E-state index is 12.7. The SMILES string of the molecule is O=C(NCCN1CCN(CCSCc2ccccc2-c2cccs2)CC1)c1cc2cccc(O)c2cc1O. The molecule has 1 fully saturated rings. The number of nitrogens with zero attached hydrogens (tertiary/aromatic N) is 2. The van der Waals surface area contributed by atoms with Gasteiger partial charge in [0.15, 0.2) is 0 Å². The number of piperazine rings is 1. The molecular weight excluding hydrogens is 514 g/mol. The van der Waals surface area contributed by atoms with Gasteiger partial charge in [0, 0.05) is 67.6 Å². The summed E-state index contributed by atoms with van der Waals surface area (Å²) in [6.45, 7) is 6.45. The van der Waals surface area contributed by atoms with Crippen LogP contribution in [0.1, 0.15) is 15.9 Å². The van der Waals surface area contributed by atoms with Crippen LogP contribution in [0.2, 0.25) is 0 Å². The summed E-state index contributed by atoms with van der Waals surface area (Å²) >= 11 is 3.79. The van der Waals surface area contributed by atoms with Gasteiger partial charge in [0.25, 0.3) is 5.91 Å². The van der Waals surface area contributed by atoms with Crippen LogP contribution in [0.5, 0.6) is 11.5 Å². The number of phenolic OH excluding ortho intramolecular Hbond substituents is 2. The Bertz CT molecular complexity index is 1370. The van der Waals surface area contributed by atoms with E-state index in [0.717, 1.165) is 50.8 Å². The Morgan fingerprint density at radius 1 is 0.895 bits per heavy atom. The molecule has 1 aliphatic heterocycles. The summed E-state index contributed by atoms with van der Waals surface area (Å²) in [7, 11) is 0. The Morgan fingerprint density at radius 2 is 1.68 bits per heavy atom.